The second kappa shape index (κ2) is 56.9. The summed E-state index contributed by atoms with van der Waals surface area (Å²) < 4.78 is 23.5. The number of likely N-dealkylation sites (N-methyl/N-ethyl adjacent to an activating group) is 1. The first kappa shape index (κ1) is 73.2. The summed E-state index contributed by atoms with van der Waals surface area (Å²) in [7, 11) is 1.31. The molecule has 3 atom stereocenters. The fourth-order valence-electron chi connectivity index (χ4n) is 9.54. The normalized spacial score (nSPS) is 14.2. The van der Waals surface area contributed by atoms with Gasteiger partial charge in [-0.05, 0) is 57.8 Å². The monoisotopic (exact) mass is 1070 g/mol. The Kier molecular flexibility index (Phi) is 55.5. The van der Waals surface area contributed by atoms with Crippen molar-refractivity contribution in [3.05, 3.63) is 60.8 Å². The van der Waals surface area contributed by atoms with Crippen LogP contribution in [-0.2, 0) is 18.4 Å². The second-order valence-electron chi connectivity index (χ2n) is 23.1. The third-order valence-corrected chi connectivity index (χ3v) is 15.5. The minimum absolute atomic E-state index is 0.0132. The fraction of sp³-hybridized carbons (Fsp3) is 0.833. The van der Waals surface area contributed by atoms with Crippen molar-refractivity contribution in [2.75, 3.05) is 40.9 Å². The molecule has 0 aromatic rings. The summed E-state index contributed by atoms with van der Waals surface area (Å²) >= 11 is 0. The molecule has 0 aromatic carbocycles. The van der Waals surface area contributed by atoms with Crippen molar-refractivity contribution >= 4 is 13.7 Å². The van der Waals surface area contributed by atoms with Gasteiger partial charge in [-0.15, -0.1) is 0 Å². The Morgan fingerprint density at radius 1 is 0.480 bits per heavy atom. The minimum atomic E-state index is -4.57. The summed E-state index contributed by atoms with van der Waals surface area (Å²) in [4.78, 5) is 25.6. The molecule has 0 radical (unpaired) electrons. The summed E-state index contributed by atoms with van der Waals surface area (Å²) in [5.74, 6) is -0.160. The highest BCUT2D eigenvalue weighted by Gasteiger charge is 2.24. The molecule has 0 aliphatic carbocycles. The zero-order valence-electron chi connectivity index (χ0n) is 50.3. The number of hydrogen-bond acceptors (Lipinski definition) is 6. The molecule has 3 unspecified atom stereocenters. The van der Waals surface area contributed by atoms with Crippen molar-refractivity contribution in [3.63, 3.8) is 0 Å². The largest absolute Gasteiger partial charge is 0.756 e. The van der Waals surface area contributed by atoms with E-state index in [4.69, 9.17) is 9.05 Å². The zero-order valence-corrected chi connectivity index (χ0v) is 51.1. The maximum absolute atomic E-state index is 13.0. The number of unbranched alkanes of at least 4 members (excludes halogenated alkanes) is 36. The SMILES string of the molecule is CC/C=C\C/C=C\C/C=C\C/C=C\C/C=C\CCCCCCCCCCCCCCCCCCCCCCCC(=O)NC(COP(=O)([O-])OCC[N+](C)(C)C)C(O)CCCCCCCCCCCCCCCCCC. The van der Waals surface area contributed by atoms with Gasteiger partial charge in [0.15, 0.2) is 0 Å². The third-order valence-electron chi connectivity index (χ3n) is 14.5. The predicted octanol–water partition coefficient (Wildman–Crippen LogP) is 19.4. The van der Waals surface area contributed by atoms with Gasteiger partial charge in [-0.3, -0.25) is 9.36 Å². The third kappa shape index (κ3) is 59.7. The Hall–Kier alpha value is -1.80. The van der Waals surface area contributed by atoms with Crippen LogP contribution in [0.15, 0.2) is 60.8 Å². The van der Waals surface area contributed by atoms with Crippen LogP contribution in [0.5, 0.6) is 0 Å². The van der Waals surface area contributed by atoms with Gasteiger partial charge >= 0.3 is 0 Å². The number of phosphoric acid groups is 1. The molecule has 0 fully saturated rings. The number of nitrogens with one attached hydrogen (secondary N) is 1. The van der Waals surface area contributed by atoms with Crippen LogP contribution in [0, 0.1) is 0 Å². The van der Waals surface area contributed by atoms with Crippen LogP contribution < -0.4 is 10.2 Å². The number of rotatable bonds is 59. The lowest BCUT2D eigenvalue weighted by Gasteiger charge is -2.30. The molecule has 0 spiro atoms. The lowest BCUT2D eigenvalue weighted by atomic mass is 10.0. The van der Waals surface area contributed by atoms with E-state index in [1.807, 2.05) is 21.1 Å². The summed E-state index contributed by atoms with van der Waals surface area (Å²) in [6, 6.07) is -0.800. The van der Waals surface area contributed by atoms with Gasteiger partial charge in [0.05, 0.1) is 39.9 Å². The van der Waals surface area contributed by atoms with Gasteiger partial charge in [0.1, 0.15) is 13.2 Å². The summed E-state index contributed by atoms with van der Waals surface area (Å²) in [5.41, 5.74) is 0. The van der Waals surface area contributed by atoms with E-state index in [0.29, 0.717) is 23.9 Å². The van der Waals surface area contributed by atoms with Gasteiger partial charge in [-0.1, -0.05) is 299 Å². The molecule has 0 bridgehead atoms. The van der Waals surface area contributed by atoms with E-state index in [1.54, 1.807) is 0 Å². The Morgan fingerprint density at radius 2 is 0.813 bits per heavy atom. The molecule has 0 rings (SSSR count). The van der Waals surface area contributed by atoms with Gasteiger partial charge in [-0.2, -0.15) is 0 Å². The Balaban J connectivity index is 3.94. The molecule has 0 heterocycles. The molecule has 440 valence electrons. The number of hydrogen-bond donors (Lipinski definition) is 2. The molecule has 1 amide bonds. The van der Waals surface area contributed by atoms with Crippen molar-refractivity contribution in [1.82, 2.24) is 5.32 Å². The second-order valence-corrected chi connectivity index (χ2v) is 24.5. The lowest BCUT2D eigenvalue weighted by molar-refractivity contribution is -0.870. The summed E-state index contributed by atoms with van der Waals surface area (Å²) in [5, 5.41) is 14.0. The number of quaternary nitrogens is 1. The van der Waals surface area contributed by atoms with Crippen LogP contribution in [0.3, 0.4) is 0 Å². The first-order valence-corrected chi connectivity index (χ1v) is 33.6. The Bertz CT molecular complexity index is 1400. The van der Waals surface area contributed by atoms with E-state index in [-0.39, 0.29) is 19.1 Å². The molecule has 0 aliphatic rings. The van der Waals surface area contributed by atoms with Gasteiger partial charge in [0.25, 0.3) is 7.82 Å². The smallest absolute Gasteiger partial charge is 0.268 e. The Morgan fingerprint density at radius 3 is 1.19 bits per heavy atom. The summed E-state index contributed by atoms with van der Waals surface area (Å²) in [6.07, 6.45) is 77.1. The molecule has 8 nitrogen and oxygen atoms in total. The van der Waals surface area contributed by atoms with E-state index in [9.17, 15) is 19.4 Å². The van der Waals surface area contributed by atoms with E-state index < -0.39 is 20.0 Å². The van der Waals surface area contributed by atoms with Crippen LogP contribution >= 0.6 is 7.82 Å². The van der Waals surface area contributed by atoms with Crippen LogP contribution in [0.1, 0.15) is 303 Å². The van der Waals surface area contributed by atoms with Crippen molar-refractivity contribution in [1.29, 1.82) is 0 Å². The highest BCUT2D eigenvalue weighted by molar-refractivity contribution is 7.45. The number of aliphatic hydroxyl groups excluding tert-OH is 1. The molecule has 0 saturated heterocycles. The van der Waals surface area contributed by atoms with E-state index in [1.165, 1.54) is 205 Å². The fourth-order valence-corrected chi connectivity index (χ4v) is 10.3. The summed E-state index contributed by atoms with van der Waals surface area (Å²) in [6.45, 7) is 4.64. The average Bonchev–Trinajstić information content (AvgIpc) is 3.37. The van der Waals surface area contributed by atoms with E-state index in [2.05, 4.69) is 79.9 Å². The Labute approximate surface area is 466 Å². The zero-order chi connectivity index (χ0) is 54.9. The first-order valence-electron chi connectivity index (χ1n) is 32.1. The van der Waals surface area contributed by atoms with Crippen LogP contribution in [-0.4, -0.2) is 68.5 Å². The molecular weight excluding hydrogens is 948 g/mol. The molecule has 0 aliphatic heterocycles. The quantitative estimate of drug-likeness (QED) is 0.0272. The van der Waals surface area contributed by atoms with Crippen LogP contribution in [0.2, 0.25) is 0 Å². The molecule has 75 heavy (non-hydrogen) atoms. The topological polar surface area (TPSA) is 108 Å². The van der Waals surface area contributed by atoms with E-state index in [0.717, 1.165) is 70.6 Å². The predicted molar refractivity (Wildman–Crippen MR) is 325 cm³/mol. The maximum Gasteiger partial charge on any atom is 0.268 e. The molecule has 0 aromatic heterocycles. The minimum Gasteiger partial charge on any atom is -0.756 e. The van der Waals surface area contributed by atoms with Crippen molar-refractivity contribution in [2.24, 2.45) is 0 Å². The number of allylic oxidation sites excluding steroid dienone is 10. The molecular formula is C66H125N2O6P. The van der Waals surface area contributed by atoms with Crippen LogP contribution in [0.4, 0.5) is 0 Å². The van der Waals surface area contributed by atoms with Crippen molar-refractivity contribution in [2.45, 2.75) is 315 Å². The van der Waals surface area contributed by atoms with Gasteiger partial charge in [0, 0.05) is 6.42 Å². The van der Waals surface area contributed by atoms with Crippen LogP contribution in [0.25, 0.3) is 0 Å². The van der Waals surface area contributed by atoms with Gasteiger partial charge in [-0.25, -0.2) is 0 Å². The number of nitrogens with zero attached hydrogens (tertiary/aromatic N) is 1. The number of amides is 1. The standard InChI is InChI=1S/C66H125N2O6P/c1-6-8-10-12-14-16-18-20-22-24-25-26-27-28-29-30-31-32-33-34-35-36-37-38-39-40-41-42-43-44-46-48-50-52-54-56-58-60-66(70)67-64(63-74-75(71,72)73-62-61-68(3,4)5)65(69)59-57-55-53-51-49-47-45-23-21-19-17-15-13-11-9-7-2/h8,10,14,16,20,22,25-26,28-29,64-65,69H,6-7,9,11-13,15,17-19,21,23-24,27,30-63H2,1-5H3,(H-,67,70,71,72)/b10-8-,16-14-,22-20-,26-25-,29-28-. The van der Waals surface area contributed by atoms with Gasteiger partial charge < -0.3 is 28.8 Å². The lowest BCUT2D eigenvalue weighted by Crippen LogP contribution is -2.46. The van der Waals surface area contributed by atoms with E-state index >= 15 is 0 Å². The first-order chi connectivity index (χ1) is 36.5. The van der Waals surface area contributed by atoms with Gasteiger partial charge in [0.2, 0.25) is 5.91 Å². The maximum atomic E-state index is 13.0. The average molecular weight is 1070 g/mol. The molecule has 0 saturated carbocycles. The number of aliphatic hydroxyl groups is 1. The highest BCUT2D eigenvalue weighted by atomic mass is 31.2. The molecule has 2 N–H and O–H groups in total. The number of carbonyl (C=O) groups excluding carboxylic acids is 1. The number of phosphoric ester groups is 1. The molecule has 9 heteroatoms. The highest BCUT2D eigenvalue weighted by Crippen LogP contribution is 2.38. The van der Waals surface area contributed by atoms with Crippen molar-refractivity contribution in [3.8, 4) is 0 Å². The van der Waals surface area contributed by atoms with Crippen molar-refractivity contribution < 1.29 is 32.9 Å². The number of carbonyl (C=O) groups is 1.